The van der Waals surface area contributed by atoms with Crippen molar-refractivity contribution in [2.24, 2.45) is 5.92 Å². The van der Waals surface area contributed by atoms with Gasteiger partial charge in [0.05, 0.1) is 6.42 Å². The molecule has 2 unspecified atom stereocenters. The summed E-state index contributed by atoms with van der Waals surface area (Å²) in [6.45, 7) is 6.19. The highest BCUT2D eigenvalue weighted by atomic mass is 16.7. The molecule has 0 spiro atoms. The molecule has 4 N–H and O–H groups in total. The molecule has 0 bridgehead atoms. The molecule has 0 aliphatic carbocycles. The third-order valence-corrected chi connectivity index (χ3v) is 7.25. The molecule has 12 heteroatoms. The van der Waals surface area contributed by atoms with Gasteiger partial charge in [0, 0.05) is 37.8 Å². The normalized spacial score (nSPS) is 14.5. The number of unbranched alkanes of at least 4 members (excludes halogenated alkanes) is 3. The van der Waals surface area contributed by atoms with Crippen LogP contribution in [0.5, 0.6) is 11.5 Å². The van der Waals surface area contributed by atoms with E-state index in [0.29, 0.717) is 35.7 Å². The lowest BCUT2D eigenvalue weighted by Gasteiger charge is -2.27. The van der Waals surface area contributed by atoms with E-state index in [2.05, 4.69) is 10.6 Å². The molecular weight excluding hydrogens is 582 g/mol. The third kappa shape index (κ3) is 11.1. The number of hydrogen-bond acceptors (Lipinski definition) is 9. The molecule has 0 saturated carbocycles. The van der Waals surface area contributed by atoms with E-state index in [4.69, 9.17) is 9.57 Å². The standard InChI is InChI=1S/C33H43N3O9/c1-33(2,3)44-32(43)35-19-11-5-4-10-18-34-31(42)25(20-22-12-6-8-14-26(22)37)24(23-13-7-9-15-27(23)38)21-30(41)45-36-28(39)16-17-29(36)40/h6-9,12-15,24-25,37-38H,4-5,10-11,16-21H2,1-3H3,(H,34,42)(H,35,43). The van der Waals surface area contributed by atoms with Gasteiger partial charge in [0.2, 0.25) is 5.91 Å². The predicted molar refractivity (Wildman–Crippen MR) is 164 cm³/mol. The van der Waals surface area contributed by atoms with Crippen LogP contribution < -0.4 is 10.6 Å². The highest BCUT2D eigenvalue weighted by molar-refractivity contribution is 6.01. The number of phenols is 2. The van der Waals surface area contributed by atoms with Crippen LogP contribution in [-0.2, 0) is 35.2 Å². The van der Waals surface area contributed by atoms with Crippen LogP contribution in [-0.4, -0.2) is 63.8 Å². The van der Waals surface area contributed by atoms with E-state index in [1.165, 1.54) is 12.1 Å². The van der Waals surface area contributed by atoms with Gasteiger partial charge in [-0.05, 0) is 63.3 Å². The van der Waals surface area contributed by atoms with Crippen LogP contribution in [0.2, 0.25) is 0 Å². The third-order valence-electron chi connectivity index (χ3n) is 7.25. The number of aromatic hydroxyl groups is 2. The maximum absolute atomic E-state index is 13.7. The first-order valence-corrected chi connectivity index (χ1v) is 15.2. The Morgan fingerprint density at radius 2 is 1.42 bits per heavy atom. The number of ether oxygens (including phenoxy) is 1. The topological polar surface area (TPSA) is 172 Å². The van der Waals surface area contributed by atoms with Gasteiger partial charge in [-0.1, -0.05) is 49.2 Å². The number of alkyl carbamates (subject to hydrolysis) is 1. The first-order valence-electron chi connectivity index (χ1n) is 15.2. The Morgan fingerprint density at radius 3 is 2.02 bits per heavy atom. The van der Waals surface area contributed by atoms with Gasteiger partial charge < -0.3 is 30.4 Å². The maximum atomic E-state index is 13.7. The summed E-state index contributed by atoms with van der Waals surface area (Å²) in [6, 6.07) is 12.8. The highest BCUT2D eigenvalue weighted by Crippen LogP contribution is 2.37. The lowest BCUT2D eigenvalue weighted by Crippen LogP contribution is -2.38. The number of hydroxylamine groups is 2. The van der Waals surface area contributed by atoms with Crippen LogP contribution in [0.25, 0.3) is 0 Å². The highest BCUT2D eigenvalue weighted by Gasteiger charge is 2.37. The van der Waals surface area contributed by atoms with Crippen molar-refractivity contribution in [3.63, 3.8) is 0 Å². The second-order valence-electron chi connectivity index (χ2n) is 12.0. The van der Waals surface area contributed by atoms with Crippen molar-refractivity contribution < 1.29 is 43.8 Å². The molecule has 2 aromatic carbocycles. The number of nitrogens with one attached hydrogen (secondary N) is 2. The molecule has 1 aliphatic heterocycles. The van der Waals surface area contributed by atoms with E-state index in [1.54, 1.807) is 57.2 Å². The van der Waals surface area contributed by atoms with Gasteiger partial charge in [-0.2, -0.15) is 0 Å². The van der Waals surface area contributed by atoms with E-state index in [-0.39, 0.29) is 30.8 Å². The molecule has 1 fully saturated rings. The Bertz CT molecular complexity index is 1340. The molecule has 2 atom stereocenters. The molecule has 4 amide bonds. The van der Waals surface area contributed by atoms with Crippen molar-refractivity contribution in [1.82, 2.24) is 15.7 Å². The van der Waals surface area contributed by atoms with Crippen molar-refractivity contribution in [3.05, 3.63) is 59.7 Å². The summed E-state index contributed by atoms with van der Waals surface area (Å²) in [5, 5.41) is 27.3. The lowest BCUT2D eigenvalue weighted by atomic mass is 9.79. The average molecular weight is 626 g/mol. The van der Waals surface area contributed by atoms with Crippen LogP contribution in [0.3, 0.4) is 0 Å². The summed E-state index contributed by atoms with van der Waals surface area (Å²) in [5.41, 5.74) is 0.208. The molecule has 45 heavy (non-hydrogen) atoms. The molecule has 3 rings (SSSR count). The number of imide groups is 1. The number of carbonyl (C=O) groups excluding carboxylic acids is 5. The summed E-state index contributed by atoms with van der Waals surface area (Å²) in [6.07, 6.45) is 2.01. The predicted octanol–water partition coefficient (Wildman–Crippen LogP) is 4.24. The van der Waals surface area contributed by atoms with Crippen LogP contribution >= 0.6 is 0 Å². The van der Waals surface area contributed by atoms with Gasteiger partial charge >= 0.3 is 12.1 Å². The van der Waals surface area contributed by atoms with Crippen LogP contribution in [0.1, 0.15) is 82.8 Å². The summed E-state index contributed by atoms with van der Waals surface area (Å²) in [5.74, 6) is -4.61. The van der Waals surface area contributed by atoms with Crippen LogP contribution in [0.15, 0.2) is 48.5 Å². The number of nitrogens with zero attached hydrogens (tertiary/aromatic N) is 1. The molecule has 0 aromatic heterocycles. The number of carbonyl (C=O) groups is 5. The van der Waals surface area contributed by atoms with Gasteiger partial charge in [0.15, 0.2) is 0 Å². The first kappa shape index (κ1) is 34.9. The monoisotopic (exact) mass is 625 g/mol. The van der Waals surface area contributed by atoms with Crippen molar-refractivity contribution in [1.29, 1.82) is 0 Å². The summed E-state index contributed by atoms with van der Waals surface area (Å²) in [4.78, 5) is 67.7. The van der Waals surface area contributed by atoms with Gasteiger partial charge in [-0.25, -0.2) is 9.59 Å². The fraction of sp³-hybridized carbons (Fsp3) is 0.485. The van der Waals surface area contributed by atoms with Gasteiger partial charge in [-0.3, -0.25) is 14.4 Å². The van der Waals surface area contributed by atoms with E-state index in [0.717, 1.165) is 19.3 Å². The molecular formula is C33H43N3O9. The van der Waals surface area contributed by atoms with Crippen molar-refractivity contribution in [2.75, 3.05) is 13.1 Å². The average Bonchev–Trinajstić information content (AvgIpc) is 3.28. The molecule has 2 aromatic rings. The summed E-state index contributed by atoms with van der Waals surface area (Å²) >= 11 is 0. The Kier molecular flexibility index (Phi) is 12.8. The number of para-hydroxylation sites is 2. The van der Waals surface area contributed by atoms with Crippen molar-refractivity contribution in [2.45, 2.75) is 83.7 Å². The largest absolute Gasteiger partial charge is 0.508 e. The summed E-state index contributed by atoms with van der Waals surface area (Å²) < 4.78 is 5.22. The molecule has 12 nitrogen and oxygen atoms in total. The number of benzene rings is 2. The quantitative estimate of drug-likeness (QED) is 0.167. The van der Waals surface area contributed by atoms with Gasteiger partial charge in [0.25, 0.3) is 11.8 Å². The van der Waals surface area contributed by atoms with Crippen molar-refractivity contribution in [3.8, 4) is 11.5 Å². The number of hydrogen-bond donors (Lipinski definition) is 4. The Hall–Kier alpha value is -4.61. The Morgan fingerprint density at radius 1 is 0.844 bits per heavy atom. The fourth-order valence-corrected chi connectivity index (χ4v) is 5.04. The SMILES string of the molecule is CC(C)(C)OC(=O)NCCCCCCNC(=O)C(Cc1ccccc1O)C(CC(=O)ON1C(=O)CCC1=O)c1ccccc1O. The molecule has 1 aliphatic rings. The Labute approximate surface area is 263 Å². The van der Waals surface area contributed by atoms with Gasteiger partial charge in [0.1, 0.15) is 17.1 Å². The molecule has 1 heterocycles. The van der Waals surface area contributed by atoms with E-state index < -0.39 is 53.6 Å². The van der Waals surface area contributed by atoms with Crippen LogP contribution in [0.4, 0.5) is 4.79 Å². The number of phenolic OH excluding ortho intramolecular Hbond substituents is 2. The summed E-state index contributed by atoms with van der Waals surface area (Å²) in [7, 11) is 0. The minimum absolute atomic E-state index is 0.0258. The smallest absolute Gasteiger partial charge is 0.407 e. The van der Waals surface area contributed by atoms with E-state index >= 15 is 0 Å². The zero-order chi connectivity index (χ0) is 33.0. The van der Waals surface area contributed by atoms with Gasteiger partial charge in [-0.15, -0.1) is 5.06 Å². The zero-order valence-electron chi connectivity index (χ0n) is 26.0. The maximum Gasteiger partial charge on any atom is 0.407 e. The minimum atomic E-state index is -0.942. The second-order valence-corrected chi connectivity index (χ2v) is 12.0. The van der Waals surface area contributed by atoms with Crippen LogP contribution in [0, 0.1) is 5.92 Å². The molecule has 0 radical (unpaired) electrons. The zero-order valence-corrected chi connectivity index (χ0v) is 26.0. The number of rotatable bonds is 15. The Balaban J connectivity index is 1.69. The van der Waals surface area contributed by atoms with E-state index in [9.17, 15) is 34.2 Å². The second kappa shape index (κ2) is 16.5. The molecule has 244 valence electrons. The minimum Gasteiger partial charge on any atom is -0.508 e. The van der Waals surface area contributed by atoms with Crippen molar-refractivity contribution >= 4 is 29.8 Å². The van der Waals surface area contributed by atoms with E-state index in [1.807, 2.05) is 0 Å². The first-order chi connectivity index (χ1) is 21.4. The number of amides is 4. The molecule has 1 saturated heterocycles. The lowest BCUT2D eigenvalue weighted by molar-refractivity contribution is -0.198. The fourth-order valence-electron chi connectivity index (χ4n) is 5.04.